The highest BCUT2D eigenvalue weighted by molar-refractivity contribution is 9.10. The largest absolute Gasteiger partial charge is 0.352 e. The minimum absolute atomic E-state index is 0.0447. The van der Waals surface area contributed by atoms with E-state index in [9.17, 15) is 4.79 Å². The molecule has 1 N–H and O–H groups in total. The van der Waals surface area contributed by atoms with E-state index >= 15 is 0 Å². The van der Waals surface area contributed by atoms with Crippen LogP contribution in [0.25, 0.3) is 11.1 Å². The Bertz CT molecular complexity index is 996. The van der Waals surface area contributed by atoms with Crippen LogP contribution < -0.4 is 10.2 Å². The van der Waals surface area contributed by atoms with Gasteiger partial charge in [0, 0.05) is 48.0 Å². The number of aromatic nitrogens is 2. The Hall–Kier alpha value is -2.73. The molecule has 2 heterocycles. The molecule has 3 aromatic rings. The molecule has 1 saturated heterocycles. The Morgan fingerprint density at radius 3 is 2.43 bits per heavy atom. The molecule has 0 bridgehead atoms. The minimum atomic E-state index is 0.0447. The van der Waals surface area contributed by atoms with Crippen molar-refractivity contribution in [1.82, 2.24) is 15.3 Å². The van der Waals surface area contributed by atoms with Gasteiger partial charge in [-0.2, -0.15) is 0 Å². The monoisotopic (exact) mass is 464 g/mol. The molecule has 154 valence electrons. The molecule has 2 aromatic carbocycles. The van der Waals surface area contributed by atoms with Gasteiger partial charge in [0.15, 0.2) is 0 Å². The molecular formula is C24H25BrN4O. The Balaban J connectivity index is 1.29. The smallest absolute Gasteiger partial charge is 0.225 e. The van der Waals surface area contributed by atoms with Crippen molar-refractivity contribution in [2.75, 3.05) is 18.0 Å². The molecule has 0 atom stereocenters. The first-order chi connectivity index (χ1) is 14.6. The maximum atomic E-state index is 12.5. The zero-order valence-electron chi connectivity index (χ0n) is 17.0. The first kappa shape index (κ1) is 20.5. The van der Waals surface area contributed by atoms with Gasteiger partial charge in [0.05, 0.1) is 0 Å². The number of aryl methyl sites for hydroxylation is 1. The summed E-state index contributed by atoms with van der Waals surface area (Å²) < 4.78 is 1.04. The first-order valence-electron chi connectivity index (χ1n) is 10.2. The molecule has 0 aliphatic carbocycles. The van der Waals surface area contributed by atoms with E-state index in [0.29, 0.717) is 6.54 Å². The lowest BCUT2D eigenvalue weighted by Gasteiger charge is -2.31. The lowest BCUT2D eigenvalue weighted by atomic mass is 9.96. The average Bonchev–Trinajstić information content (AvgIpc) is 2.79. The number of piperidine rings is 1. The third-order valence-corrected chi connectivity index (χ3v) is 6.05. The van der Waals surface area contributed by atoms with Crippen molar-refractivity contribution in [2.24, 2.45) is 5.92 Å². The van der Waals surface area contributed by atoms with Crippen molar-refractivity contribution in [1.29, 1.82) is 0 Å². The normalized spacial score (nSPS) is 14.5. The second-order valence-electron chi connectivity index (χ2n) is 7.75. The maximum absolute atomic E-state index is 12.5. The Labute approximate surface area is 185 Å². The number of carbonyl (C=O) groups excluding carboxylic acids is 1. The summed E-state index contributed by atoms with van der Waals surface area (Å²) in [7, 11) is 0. The number of benzene rings is 2. The highest BCUT2D eigenvalue weighted by atomic mass is 79.9. The van der Waals surface area contributed by atoms with Crippen LogP contribution in [0.2, 0.25) is 0 Å². The van der Waals surface area contributed by atoms with Crippen LogP contribution in [0.3, 0.4) is 0 Å². The molecule has 1 fully saturated rings. The topological polar surface area (TPSA) is 58.1 Å². The highest BCUT2D eigenvalue weighted by Gasteiger charge is 2.26. The van der Waals surface area contributed by atoms with Crippen molar-refractivity contribution in [3.63, 3.8) is 0 Å². The van der Waals surface area contributed by atoms with Gasteiger partial charge in [-0.15, -0.1) is 0 Å². The molecule has 30 heavy (non-hydrogen) atoms. The van der Waals surface area contributed by atoms with E-state index in [-0.39, 0.29) is 11.8 Å². The van der Waals surface area contributed by atoms with Crippen molar-refractivity contribution in [3.8, 4) is 11.1 Å². The van der Waals surface area contributed by atoms with Crippen molar-refractivity contribution < 1.29 is 4.79 Å². The molecular weight excluding hydrogens is 440 g/mol. The molecule has 0 spiro atoms. The quantitative estimate of drug-likeness (QED) is 0.591. The second-order valence-corrected chi connectivity index (χ2v) is 8.66. The first-order valence-corrected chi connectivity index (χ1v) is 11.0. The predicted molar refractivity (Wildman–Crippen MR) is 123 cm³/mol. The Morgan fingerprint density at radius 2 is 1.77 bits per heavy atom. The van der Waals surface area contributed by atoms with E-state index in [1.165, 1.54) is 5.56 Å². The molecule has 0 saturated carbocycles. The third-order valence-electron chi connectivity index (χ3n) is 5.52. The fourth-order valence-electron chi connectivity index (χ4n) is 3.74. The van der Waals surface area contributed by atoms with E-state index in [1.54, 1.807) is 0 Å². The van der Waals surface area contributed by atoms with E-state index in [2.05, 4.69) is 61.2 Å². The number of anilines is 1. The van der Waals surface area contributed by atoms with Crippen LogP contribution in [-0.2, 0) is 11.3 Å². The molecule has 1 aliphatic heterocycles. The van der Waals surface area contributed by atoms with E-state index in [0.717, 1.165) is 53.0 Å². The average molecular weight is 465 g/mol. The molecule has 0 unspecified atom stereocenters. The molecule has 0 radical (unpaired) electrons. The number of halogens is 1. The van der Waals surface area contributed by atoms with Crippen LogP contribution in [0, 0.1) is 12.8 Å². The zero-order chi connectivity index (χ0) is 20.9. The fourth-order valence-corrected chi connectivity index (χ4v) is 4.00. The fraction of sp³-hybridized carbons (Fsp3) is 0.292. The van der Waals surface area contributed by atoms with Gasteiger partial charge in [0.2, 0.25) is 11.9 Å². The van der Waals surface area contributed by atoms with Crippen molar-refractivity contribution >= 4 is 27.8 Å². The van der Waals surface area contributed by atoms with Gasteiger partial charge in [0.1, 0.15) is 0 Å². The van der Waals surface area contributed by atoms with Gasteiger partial charge < -0.3 is 10.2 Å². The molecule has 1 aliphatic rings. The minimum Gasteiger partial charge on any atom is -0.352 e. The van der Waals surface area contributed by atoms with Crippen molar-refractivity contribution in [2.45, 2.75) is 26.3 Å². The van der Waals surface area contributed by atoms with Crippen LogP contribution in [0.15, 0.2) is 65.4 Å². The highest BCUT2D eigenvalue weighted by Crippen LogP contribution is 2.23. The molecule has 1 aromatic heterocycles. The van der Waals surface area contributed by atoms with Crippen LogP contribution in [0.4, 0.5) is 5.95 Å². The van der Waals surface area contributed by atoms with Crippen LogP contribution in [0.1, 0.15) is 24.0 Å². The number of nitrogens with one attached hydrogen (secondary N) is 1. The van der Waals surface area contributed by atoms with Crippen LogP contribution in [-0.4, -0.2) is 29.0 Å². The summed E-state index contributed by atoms with van der Waals surface area (Å²) in [4.78, 5) is 23.8. The number of hydrogen-bond donors (Lipinski definition) is 1. The van der Waals surface area contributed by atoms with E-state index in [1.807, 2.05) is 42.7 Å². The lowest BCUT2D eigenvalue weighted by Crippen LogP contribution is -2.41. The Kier molecular flexibility index (Phi) is 6.43. The van der Waals surface area contributed by atoms with E-state index in [4.69, 9.17) is 0 Å². The standard InChI is InChI=1S/C24H25BrN4O/c1-17-3-2-4-20(13-17)21-15-27-24(28-16-21)29-11-9-19(10-12-29)23(30)26-14-18-5-7-22(25)8-6-18/h2-8,13,15-16,19H,9-12,14H2,1H3,(H,26,30). The molecule has 1 amide bonds. The number of hydrogen-bond acceptors (Lipinski definition) is 4. The van der Waals surface area contributed by atoms with Crippen LogP contribution >= 0.6 is 15.9 Å². The number of carbonyl (C=O) groups is 1. The van der Waals surface area contributed by atoms with E-state index < -0.39 is 0 Å². The lowest BCUT2D eigenvalue weighted by molar-refractivity contribution is -0.125. The summed E-state index contributed by atoms with van der Waals surface area (Å²) in [5, 5.41) is 3.07. The third kappa shape index (κ3) is 5.05. The predicted octanol–water partition coefficient (Wildman–Crippen LogP) is 4.75. The summed E-state index contributed by atoms with van der Waals surface area (Å²) in [6.07, 6.45) is 5.40. The van der Waals surface area contributed by atoms with Crippen LogP contribution in [0.5, 0.6) is 0 Å². The molecule has 4 rings (SSSR count). The number of rotatable bonds is 5. The summed E-state index contributed by atoms with van der Waals surface area (Å²) in [6, 6.07) is 16.4. The van der Waals surface area contributed by atoms with Gasteiger partial charge in [-0.3, -0.25) is 4.79 Å². The van der Waals surface area contributed by atoms with Gasteiger partial charge >= 0.3 is 0 Å². The summed E-state index contributed by atoms with van der Waals surface area (Å²) >= 11 is 3.43. The summed E-state index contributed by atoms with van der Waals surface area (Å²) in [6.45, 7) is 4.23. The Morgan fingerprint density at radius 1 is 1.07 bits per heavy atom. The summed E-state index contributed by atoms with van der Waals surface area (Å²) in [5.74, 6) is 0.914. The number of nitrogens with zero attached hydrogens (tertiary/aromatic N) is 3. The second kappa shape index (κ2) is 9.39. The SMILES string of the molecule is Cc1cccc(-c2cnc(N3CCC(C(=O)NCc4ccc(Br)cc4)CC3)nc2)c1. The molecule has 5 nitrogen and oxygen atoms in total. The maximum Gasteiger partial charge on any atom is 0.225 e. The van der Waals surface area contributed by atoms with Gasteiger partial charge in [0.25, 0.3) is 0 Å². The summed E-state index contributed by atoms with van der Waals surface area (Å²) in [5.41, 5.74) is 4.47. The zero-order valence-corrected chi connectivity index (χ0v) is 18.6. The van der Waals surface area contributed by atoms with Gasteiger partial charge in [-0.1, -0.05) is 57.9 Å². The van der Waals surface area contributed by atoms with Crippen molar-refractivity contribution in [3.05, 3.63) is 76.5 Å². The number of amides is 1. The van der Waals surface area contributed by atoms with Gasteiger partial charge in [-0.25, -0.2) is 9.97 Å². The molecule has 6 heteroatoms. The van der Waals surface area contributed by atoms with Gasteiger partial charge in [-0.05, 0) is 43.0 Å².